The van der Waals surface area contributed by atoms with Crippen molar-refractivity contribution in [3.8, 4) is 5.75 Å². The number of carbonyl (C=O) groups excluding carboxylic acids is 2. The molecule has 1 saturated carbocycles. The molecular weight excluding hydrogens is 492 g/mol. The summed E-state index contributed by atoms with van der Waals surface area (Å²) < 4.78 is 11.8. The second-order valence-corrected chi connectivity index (χ2v) is 10.7. The van der Waals surface area contributed by atoms with Gasteiger partial charge in [-0.05, 0) is 81.9 Å². The van der Waals surface area contributed by atoms with E-state index in [9.17, 15) is 9.59 Å². The average molecular weight is 527 g/mol. The Labute approximate surface area is 222 Å². The standard InChI is InChI=1S/C28H35ClN4O4/c1-17(2)18-5-7-19(8-6-18)27(34)32-25-22-15-21(36-14-13-33(3)4)10-11-23(22)37-26(25)28(35)31-24-12-9-20(29)16-30-24/h9-12,15-19H,5-8,13-14H2,1-4H3,(H,32,34)(H,30,31,35). The topological polar surface area (TPSA) is 96.7 Å². The fourth-order valence-corrected chi connectivity index (χ4v) is 4.80. The molecule has 3 aromatic rings. The molecule has 0 unspecified atom stereocenters. The average Bonchev–Trinajstić information content (AvgIpc) is 3.23. The van der Waals surface area contributed by atoms with Gasteiger partial charge in [0.25, 0.3) is 5.91 Å². The molecule has 198 valence electrons. The van der Waals surface area contributed by atoms with Crippen LogP contribution in [0.15, 0.2) is 40.9 Å². The van der Waals surface area contributed by atoms with Crippen molar-refractivity contribution in [1.29, 1.82) is 0 Å². The minimum Gasteiger partial charge on any atom is -0.492 e. The highest BCUT2D eigenvalue weighted by Crippen LogP contribution is 2.37. The normalized spacial score (nSPS) is 17.8. The number of hydrogen-bond donors (Lipinski definition) is 2. The van der Waals surface area contributed by atoms with Gasteiger partial charge < -0.3 is 24.7 Å². The number of likely N-dealkylation sites (N-methyl/N-ethyl adjacent to an activating group) is 1. The van der Waals surface area contributed by atoms with Crippen molar-refractivity contribution >= 4 is 45.9 Å². The van der Waals surface area contributed by atoms with Crippen molar-refractivity contribution in [2.75, 3.05) is 37.9 Å². The number of amides is 2. The van der Waals surface area contributed by atoms with Crippen molar-refractivity contribution in [2.45, 2.75) is 39.5 Å². The maximum atomic E-state index is 13.3. The van der Waals surface area contributed by atoms with Gasteiger partial charge in [0.2, 0.25) is 11.7 Å². The van der Waals surface area contributed by atoms with E-state index in [4.69, 9.17) is 20.8 Å². The molecule has 1 fully saturated rings. The fourth-order valence-electron chi connectivity index (χ4n) is 4.69. The summed E-state index contributed by atoms with van der Waals surface area (Å²) in [5.41, 5.74) is 0.823. The molecule has 2 amide bonds. The molecule has 2 N–H and O–H groups in total. The number of hydrogen-bond acceptors (Lipinski definition) is 6. The van der Waals surface area contributed by atoms with Crippen LogP contribution in [0.5, 0.6) is 5.75 Å². The Hall–Kier alpha value is -3.10. The molecule has 0 bridgehead atoms. The number of benzene rings is 1. The van der Waals surface area contributed by atoms with Crippen LogP contribution in [0.3, 0.4) is 0 Å². The van der Waals surface area contributed by atoms with E-state index >= 15 is 0 Å². The first kappa shape index (κ1) is 26.9. The molecule has 1 aromatic carbocycles. The largest absolute Gasteiger partial charge is 0.492 e. The summed E-state index contributed by atoms with van der Waals surface area (Å²) in [7, 11) is 3.96. The number of pyridine rings is 1. The van der Waals surface area contributed by atoms with E-state index in [0.29, 0.717) is 51.7 Å². The van der Waals surface area contributed by atoms with E-state index in [1.165, 1.54) is 6.20 Å². The van der Waals surface area contributed by atoms with Gasteiger partial charge in [-0.2, -0.15) is 0 Å². The minimum absolute atomic E-state index is 0.0152. The molecule has 0 spiro atoms. The van der Waals surface area contributed by atoms with E-state index < -0.39 is 5.91 Å². The number of ether oxygens (including phenoxy) is 1. The maximum Gasteiger partial charge on any atom is 0.294 e. The number of halogens is 1. The molecule has 1 aliphatic rings. The van der Waals surface area contributed by atoms with Crippen molar-refractivity contribution < 1.29 is 18.7 Å². The summed E-state index contributed by atoms with van der Waals surface area (Å²) in [5.74, 6) is 1.52. The van der Waals surface area contributed by atoms with Crippen LogP contribution in [0.2, 0.25) is 5.02 Å². The predicted octanol–water partition coefficient (Wildman–Crippen LogP) is 6.07. The van der Waals surface area contributed by atoms with Crippen molar-refractivity contribution in [3.05, 3.63) is 47.3 Å². The van der Waals surface area contributed by atoms with Crippen molar-refractivity contribution in [2.24, 2.45) is 17.8 Å². The van der Waals surface area contributed by atoms with Crippen LogP contribution < -0.4 is 15.4 Å². The Morgan fingerprint density at radius 1 is 1.14 bits per heavy atom. The van der Waals surface area contributed by atoms with Crippen LogP contribution in [0, 0.1) is 17.8 Å². The minimum atomic E-state index is -0.514. The first-order valence-electron chi connectivity index (χ1n) is 12.8. The summed E-state index contributed by atoms with van der Waals surface area (Å²) in [6, 6.07) is 8.59. The van der Waals surface area contributed by atoms with Gasteiger partial charge in [-0.25, -0.2) is 4.98 Å². The second-order valence-electron chi connectivity index (χ2n) is 10.3. The Bertz CT molecular complexity index is 1230. The lowest BCUT2D eigenvalue weighted by atomic mass is 9.76. The lowest BCUT2D eigenvalue weighted by Gasteiger charge is -2.30. The first-order chi connectivity index (χ1) is 17.7. The smallest absolute Gasteiger partial charge is 0.294 e. The van der Waals surface area contributed by atoms with Gasteiger partial charge in [-0.15, -0.1) is 0 Å². The Balaban J connectivity index is 1.60. The number of anilines is 2. The van der Waals surface area contributed by atoms with Crippen LogP contribution in [0.1, 0.15) is 50.1 Å². The Morgan fingerprint density at radius 3 is 2.54 bits per heavy atom. The maximum absolute atomic E-state index is 13.3. The monoisotopic (exact) mass is 526 g/mol. The second kappa shape index (κ2) is 12.0. The molecule has 0 saturated heterocycles. The molecule has 0 atom stereocenters. The number of rotatable bonds is 9. The van der Waals surface area contributed by atoms with E-state index in [1.54, 1.807) is 30.3 Å². The van der Waals surface area contributed by atoms with Crippen LogP contribution in [-0.4, -0.2) is 48.9 Å². The van der Waals surface area contributed by atoms with Crippen LogP contribution in [-0.2, 0) is 4.79 Å². The third-order valence-corrected chi connectivity index (χ3v) is 7.20. The van der Waals surface area contributed by atoms with Gasteiger partial charge in [0, 0.05) is 24.0 Å². The van der Waals surface area contributed by atoms with Crippen LogP contribution in [0.4, 0.5) is 11.5 Å². The molecule has 2 aromatic heterocycles. The van der Waals surface area contributed by atoms with Crippen molar-refractivity contribution in [1.82, 2.24) is 9.88 Å². The zero-order valence-corrected chi connectivity index (χ0v) is 22.6. The number of carbonyl (C=O) groups is 2. The zero-order chi connectivity index (χ0) is 26.5. The van der Waals surface area contributed by atoms with Gasteiger partial charge in [0.15, 0.2) is 0 Å². The highest BCUT2D eigenvalue weighted by atomic mass is 35.5. The van der Waals surface area contributed by atoms with Crippen LogP contribution in [0.25, 0.3) is 11.0 Å². The Morgan fingerprint density at radius 2 is 1.89 bits per heavy atom. The molecule has 0 aliphatic heterocycles. The quantitative estimate of drug-likeness (QED) is 0.351. The molecule has 4 rings (SSSR count). The van der Waals surface area contributed by atoms with Gasteiger partial charge in [0.1, 0.15) is 29.4 Å². The zero-order valence-electron chi connectivity index (χ0n) is 21.8. The van der Waals surface area contributed by atoms with E-state index in [0.717, 1.165) is 32.2 Å². The first-order valence-corrected chi connectivity index (χ1v) is 13.2. The van der Waals surface area contributed by atoms with Gasteiger partial charge in [0.05, 0.1) is 5.02 Å². The molecule has 37 heavy (non-hydrogen) atoms. The molecule has 9 heteroatoms. The summed E-state index contributed by atoms with van der Waals surface area (Å²) in [6.45, 7) is 5.74. The van der Waals surface area contributed by atoms with Crippen molar-refractivity contribution in [3.63, 3.8) is 0 Å². The van der Waals surface area contributed by atoms with E-state index in [-0.39, 0.29) is 17.6 Å². The lowest BCUT2D eigenvalue weighted by molar-refractivity contribution is -0.121. The van der Waals surface area contributed by atoms with Gasteiger partial charge in [-0.1, -0.05) is 25.4 Å². The predicted molar refractivity (Wildman–Crippen MR) is 146 cm³/mol. The Kier molecular flexibility index (Phi) is 8.71. The highest BCUT2D eigenvalue weighted by molar-refractivity contribution is 6.30. The molecule has 2 heterocycles. The SMILES string of the molecule is CC(C)C1CCC(C(=O)Nc2c(C(=O)Nc3ccc(Cl)cn3)oc3ccc(OCCN(C)C)cc23)CC1. The number of fused-ring (bicyclic) bond motifs is 1. The summed E-state index contributed by atoms with van der Waals surface area (Å²) >= 11 is 5.91. The number of nitrogens with one attached hydrogen (secondary N) is 2. The highest BCUT2D eigenvalue weighted by Gasteiger charge is 2.30. The fraction of sp³-hybridized carbons (Fsp3) is 0.464. The summed E-state index contributed by atoms with van der Waals surface area (Å²) in [6.07, 6.45) is 5.17. The molecular formula is C28H35ClN4O4. The van der Waals surface area contributed by atoms with Crippen LogP contribution >= 0.6 is 11.6 Å². The summed E-state index contributed by atoms with van der Waals surface area (Å²) in [5, 5.41) is 6.83. The van der Waals surface area contributed by atoms with E-state index in [2.05, 4.69) is 29.5 Å². The number of aromatic nitrogens is 1. The number of furan rings is 1. The molecule has 1 aliphatic carbocycles. The third-order valence-electron chi connectivity index (χ3n) is 6.98. The molecule has 0 radical (unpaired) electrons. The lowest BCUT2D eigenvalue weighted by Crippen LogP contribution is -2.29. The van der Waals surface area contributed by atoms with E-state index in [1.807, 2.05) is 19.0 Å². The summed E-state index contributed by atoms with van der Waals surface area (Å²) in [4.78, 5) is 32.7. The van der Waals surface area contributed by atoms with Gasteiger partial charge >= 0.3 is 0 Å². The molecule has 8 nitrogen and oxygen atoms in total. The number of nitrogens with zero attached hydrogens (tertiary/aromatic N) is 2. The third kappa shape index (κ3) is 6.81. The van der Waals surface area contributed by atoms with Gasteiger partial charge in [-0.3, -0.25) is 9.59 Å².